The molecule has 2 aromatic heterocycles. The summed E-state index contributed by atoms with van der Waals surface area (Å²) in [5.74, 6) is 0.412. The van der Waals surface area contributed by atoms with Crippen LogP contribution in [0, 0.1) is 11.3 Å². The highest BCUT2D eigenvalue weighted by Crippen LogP contribution is 2.35. The number of pyridine rings is 1. The van der Waals surface area contributed by atoms with Gasteiger partial charge < -0.3 is 5.11 Å². The molecule has 0 aliphatic rings. The standard InChI is InChI=1S/C29H28N2O2S3/c1-29(2,3)21-11-13-23(14-12-21)36(33)19-22(32)18-35-28-25(17-30)24(20-8-5-4-6-9-20)16-26(31-28)27-10-7-15-34-27/h4-16,22,32H,18-19H2,1-3H3. The van der Waals surface area contributed by atoms with Crippen LogP contribution in [0.2, 0.25) is 0 Å². The number of hydrogen-bond acceptors (Lipinski definition) is 6. The van der Waals surface area contributed by atoms with E-state index in [2.05, 4.69) is 26.8 Å². The van der Waals surface area contributed by atoms with Crippen molar-refractivity contribution in [3.8, 4) is 27.8 Å². The molecule has 0 aliphatic carbocycles. The molecule has 0 radical (unpaired) electrons. The van der Waals surface area contributed by atoms with E-state index >= 15 is 0 Å². The molecule has 2 unspecified atom stereocenters. The van der Waals surface area contributed by atoms with Gasteiger partial charge in [-0.15, -0.1) is 23.1 Å². The maximum atomic E-state index is 12.9. The van der Waals surface area contributed by atoms with Crippen molar-refractivity contribution in [2.24, 2.45) is 0 Å². The van der Waals surface area contributed by atoms with Crippen LogP contribution in [0.3, 0.4) is 0 Å². The zero-order valence-corrected chi connectivity index (χ0v) is 22.9. The third-order valence-electron chi connectivity index (χ3n) is 5.70. The number of hydrogen-bond donors (Lipinski definition) is 1. The monoisotopic (exact) mass is 532 g/mol. The fraction of sp³-hybridized carbons (Fsp3) is 0.241. The lowest BCUT2D eigenvalue weighted by Gasteiger charge is -2.19. The van der Waals surface area contributed by atoms with E-state index < -0.39 is 16.9 Å². The molecule has 4 rings (SSSR count). The van der Waals surface area contributed by atoms with Crippen molar-refractivity contribution in [2.75, 3.05) is 11.5 Å². The number of nitriles is 1. The molecule has 2 heterocycles. The summed E-state index contributed by atoms with van der Waals surface area (Å²) in [7, 11) is -1.32. The van der Waals surface area contributed by atoms with E-state index in [0.717, 1.165) is 21.7 Å². The van der Waals surface area contributed by atoms with E-state index in [1.54, 1.807) is 11.3 Å². The average molecular weight is 533 g/mol. The molecular weight excluding hydrogens is 505 g/mol. The molecule has 0 spiro atoms. The quantitative estimate of drug-likeness (QED) is 0.250. The molecule has 0 saturated carbocycles. The van der Waals surface area contributed by atoms with Gasteiger partial charge in [0.2, 0.25) is 0 Å². The van der Waals surface area contributed by atoms with Crippen LogP contribution in [-0.2, 0) is 16.2 Å². The number of thioether (sulfide) groups is 1. The zero-order valence-electron chi connectivity index (χ0n) is 20.5. The van der Waals surface area contributed by atoms with Crippen LogP contribution < -0.4 is 0 Å². The molecule has 184 valence electrons. The number of aliphatic hydroxyl groups excluding tert-OH is 1. The van der Waals surface area contributed by atoms with Crippen molar-refractivity contribution in [2.45, 2.75) is 42.2 Å². The van der Waals surface area contributed by atoms with Gasteiger partial charge in [0, 0.05) is 16.2 Å². The fourth-order valence-electron chi connectivity index (χ4n) is 3.73. The molecule has 4 nitrogen and oxygen atoms in total. The van der Waals surface area contributed by atoms with Gasteiger partial charge in [-0.25, -0.2) is 4.98 Å². The molecule has 0 aliphatic heterocycles. The summed E-state index contributed by atoms with van der Waals surface area (Å²) in [5.41, 5.74) is 4.24. The van der Waals surface area contributed by atoms with Gasteiger partial charge in [0.15, 0.2) is 0 Å². The lowest BCUT2D eigenvalue weighted by molar-refractivity contribution is 0.224. The molecule has 4 aromatic rings. The number of aliphatic hydroxyl groups is 1. The van der Waals surface area contributed by atoms with E-state index in [1.807, 2.05) is 78.2 Å². The minimum atomic E-state index is -1.32. The topological polar surface area (TPSA) is 74.0 Å². The fourth-order valence-corrected chi connectivity index (χ4v) is 6.60. The maximum Gasteiger partial charge on any atom is 0.115 e. The van der Waals surface area contributed by atoms with Gasteiger partial charge in [-0.3, -0.25) is 4.21 Å². The Kier molecular flexibility index (Phi) is 8.43. The highest BCUT2D eigenvalue weighted by molar-refractivity contribution is 7.99. The first kappa shape index (κ1) is 26.3. The second-order valence-electron chi connectivity index (χ2n) is 9.44. The first-order valence-corrected chi connectivity index (χ1v) is 14.8. The maximum absolute atomic E-state index is 12.9. The first-order valence-electron chi connectivity index (χ1n) is 11.6. The van der Waals surface area contributed by atoms with E-state index in [1.165, 1.54) is 17.3 Å². The minimum Gasteiger partial charge on any atom is -0.391 e. The summed E-state index contributed by atoms with van der Waals surface area (Å²) < 4.78 is 12.9. The molecule has 0 fully saturated rings. The lowest BCUT2D eigenvalue weighted by atomic mass is 9.87. The smallest absolute Gasteiger partial charge is 0.115 e. The van der Waals surface area contributed by atoms with Gasteiger partial charge in [0.25, 0.3) is 0 Å². The van der Waals surface area contributed by atoms with Gasteiger partial charge in [0.1, 0.15) is 11.1 Å². The second kappa shape index (κ2) is 11.5. The third-order valence-corrected chi connectivity index (χ3v) is 9.19. The Morgan fingerprint density at radius 1 is 1.08 bits per heavy atom. The Bertz CT molecular complexity index is 1370. The van der Waals surface area contributed by atoms with Gasteiger partial charge in [-0.05, 0) is 46.2 Å². The van der Waals surface area contributed by atoms with Crippen LogP contribution in [0.15, 0.2) is 88.1 Å². The van der Waals surface area contributed by atoms with Crippen LogP contribution in [-0.4, -0.2) is 31.9 Å². The Balaban J connectivity index is 1.53. The minimum absolute atomic E-state index is 0.0257. The number of benzene rings is 2. The van der Waals surface area contributed by atoms with Crippen LogP contribution >= 0.6 is 23.1 Å². The van der Waals surface area contributed by atoms with E-state index in [4.69, 9.17) is 4.98 Å². The van der Waals surface area contributed by atoms with Gasteiger partial charge in [0.05, 0.1) is 38.8 Å². The van der Waals surface area contributed by atoms with Crippen molar-refractivity contribution in [3.63, 3.8) is 0 Å². The van der Waals surface area contributed by atoms with Crippen LogP contribution in [0.5, 0.6) is 0 Å². The highest BCUT2D eigenvalue weighted by atomic mass is 32.2. The van der Waals surface area contributed by atoms with Crippen LogP contribution in [0.25, 0.3) is 21.7 Å². The number of rotatable bonds is 8. The summed E-state index contributed by atoms with van der Waals surface area (Å²) >= 11 is 2.92. The molecule has 36 heavy (non-hydrogen) atoms. The summed E-state index contributed by atoms with van der Waals surface area (Å²) in [6.07, 6.45) is -0.808. The van der Waals surface area contributed by atoms with Crippen molar-refractivity contribution in [1.29, 1.82) is 5.26 Å². The van der Waals surface area contributed by atoms with Crippen molar-refractivity contribution in [3.05, 3.63) is 89.3 Å². The van der Waals surface area contributed by atoms with Crippen molar-refractivity contribution < 1.29 is 9.32 Å². The molecule has 7 heteroatoms. The molecule has 1 N–H and O–H groups in total. The SMILES string of the molecule is CC(C)(C)c1ccc(S(=O)CC(O)CSc2nc(-c3cccs3)cc(-c3ccccc3)c2C#N)cc1. The summed E-state index contributed by atoms with van der Waals surface area (Å²) in [6, 6.07) is 25.8. The number of thiophene rings is 1. The van der Waals surface area contributed by atoms with Gasteiger partial charge >= 0.3 is 0 Å². The normalized spacial score (nSPS) is 13.2. The summed E-state index contributed by atoms with van der Waals surface area (Å²) in [5, 5.41) is 23.3. The lowest BCUT2D eigenvalue weighted by Crippen LogP contribution is -2.20. The summed E-state index contributed by atoms with van der Waals surface area (Å²) in [4.78, 5) is 6.49. The molecule has 2 atom stereocenters. The van der Waals surface area contributed by atoms with Crippen molar-refractivity contribution in [1.82, 2.24) is 4.98 Å². The predicted molar refractivity (Wildman–Crippen MR) is 151 cm³/mol. The Morgan fingerprint density at radius 3 is 2.42 bits per heavy atom. The number of aromatic nitrogens is 1. The largest absolute Gasteiger partial charge is 0.391 e. The third kappa shape index (κ3) is 6.32. The Hall–Kier alpha value is -2.76. The zero-order chi connectivity index (χ0) is 25.7. The molecule has 2 aromatic carbocycles. The van der Waals surface area contributed by atoms with E-state index in [9.17, 15) is 14.6 Å². The Morgan fingerprint density at radius 2 is 1.81 bits per heavy atom. The van der Waals surface area contributed by atoms with Crippen molar-refractivity contribution >= 4 is 33.9 Å². The predicted octanol–water partition coefficient (Wildman–Crippen LogP) is 6.91. The molecule has 0 amide bonds. The van der Waals surface area contributed by atoms with Gasteiger partial charge in [-0.2, -0.15) is 5.26 Å². The van der Waals surface area contributed by atoms with Crippen LogP contribution in [0.4, 0.5) is 0 Å². The Labute approximate surface area is 223 Å². The second-order valence-corrected chi connectivity index (χ2v) is 12.9. The highest BCUT2D eigenvalue weighted by Gasteiger charge is 2.19. The molecular formula is C29H28N2O2S3. The van der Waals surface area contributed by atoms with Crippen LogP contribution in [0.1, 0.15) is 31.9 Å². The first-order chi connectivity index (χ1) is 17.3. The molecule has 0 saturated heterocycles. The average Bonchev–Trinajstić information content (AvgIpc) is 3.42. The van der Waals surface area contributed by atoms with E-state index in [0.29, 0.717) is 15.5 Å². The summed E-state index contributed by atoms with van der Waals surface area (Å²) in [6.45, 7) is 6.42. The number of nitrogens with zero attached hydrogens (tertiary/aromatic N) is 2. The van der Waals surface area contributed by atoms with E-state index in [-0.39, 0.29) is 16.9 Å². The molecule has 0 bridgehead atoms. The van der Waals surface area contributed by atoms with Gasteiger partial charge in [-0.1, -0.05) is 69.3 Å².